The van der Waals surface area contributed by atoms with Gasteiger partial charge in [-0.3, -0.25) is 29.3 Å². The Morgan fingerprint density at radius 2 is 2.12 bits per heavy atom. The number of amides is 2. The highest BCUT2D eigenvalue weighted by molar-refractivity contribution is 8.00. The first-order valence-corrected chi connectivity index (χ1v) is 12.0. The molecular formula is C20H19N5O7S2. The van der Waals surface area contributed by atoms with E-state index in [1.54, 1.807) is 23.6 Å². The molecule has 4 rings (SSSR count). The van der Waals surface area contributed by atoms with Crippen molar-refractivity contribution in [3.05, 3.63) is 68.8 Å². The van der Waals surface area contributed by atoms with Crippen molar-refractivity contribution in [2.45, 2.75) is 24.1 Å². The topological polar surface area (TPSA) is 163 Å². The summed E-state index contributed by atoms with van der Waals surface area (Å²) in [6.45, 7) is 0.585. The Bertz CT molecular complexity index is 1110. The van der Waals surface area contributed by atoms with Crippen LogP contribution in [0, 0.1) is 10.1 Å². The minimum atomic E-state index is -1.73. The van der Waals surface area contributed by atoms with Crippen LogP contribution in [0.25, 0.3) is 0 Å². The third kappa shape index (κ3) is 4.64. The second kappa shape index (κ2) is 10.3. The zero-order valence-corrected chi connectivity index (χ0v) is 19.1. The van der Waals surface area contributed by atoms with E-state index in [1.165, 1.54) is 41.9 Å². The molecule has 3 aliphatic rings. The zero-order chi connectivity index (χ0) is 24.2. The molecule has 14 heteroatoms. The molecule has 3 heterocycles. The molecule has 3 atom stereocenters. The summed E-state index contributed by atoms with van der Waals surface area (Å²) < 4.78 is 8.13. The summed E-state index contributed by atoms with van der Waals surface area (Å²) in [7, 11) is 0. The molecule has 0 radical (unpaired) electrons. The SMILES string of the molecule is O=C(NC1C(=O)N2C(C(=O)OC(c3ccccc3)[N+](=O)[O-])=CCS[C@@H]12)C(=NO)C1=CSNCC1. The molecule has 0 aromatic heterocycles. The van der Waals surface area contributed by atoms with Crippen LogP contribution in [0.1, 0.15) is 18.2 Å². The van der Waals surface area contributed by atoms with Gasteiger partial charge in [0.2, 0.25) is 0 Å². The highest BCUT2D eigenvalue weighted by Gasteiger charge is 2.53. The van der Waals surface area contributed by atoms with Crippen molar-refractivity contribution < 1.29 is 29.3 Å². The number of rotatable bonds is 7. The van der Waals surface area contributed by atoms with Crippen LogP contribution in [-0.2, 0) is 19.1 Å². The summed E-state index contributed by atoms with van der Waals surface area (Å²) in [6, 6.07) is 6.81. The van der Waals surface area contributed by atoms with Gasteiger partial charge < -0.3 is 15.3 Å². The molecule has 0 saturated carbocycles. The standard InChI is InChI=1S/C20H19N5O7S2/c26-16(14(23-29)12-6-8-21-34-10-12)22-15-17(27)24-13(7-9-33-19(15)24)20(28)32-18(25(30)31)11-4-2-1-3-5-11/h1-5,7,10,15,18-19,21,29H,6,8-9H2,(H,22,26)/t15?,18?,19-/m0/s1. The lowest BCUT2D eigenvalue weighted by Crippen LogP contribution is -2.70. The number of β-lactam (4-membered cyclic amide) rings is 1. The number of nitro groups is 1. The van der Waals surface area contributed by atoms with Crippen molar-refractivity contribution in [2.24, 2.45) is 5.16 Å². The second-order valence-electron chi connectivity index (χ2n) is 7.28. The molecule has 1 fully saturated rings. The number of oxime groups is 1. The molecule has 1 aromatic rings. The average Bonchev–Trinajstić information content (AvgIpc) is 2.86. The van der Waals surface area contributed by atoms with Crippen LogP contribution < -0.4 is 10.0 Å². The van der Waals surface area contributed by atoms with E-state index in [-0.39, 0.29) is 17.0 Å². The van der Waals surface area contributed by atoms with Gasteiger partial charge in [0.05, 0.1) is 10.5 Å². The molecule has 1 saturated heterocycles. The third-order valence-corrected chi connectivity index (χ3v) is 7.19. The first-order chi connectivity index (χ1) is 16.4. The van der Waals surface area contributed by atoms with E-state index < -0.39 is 40.4 Å². The average molecular weight is 506 g/mol. The molecule has 1 aromatic carbocycles. The highest BCUT2D eigenvalue weighted by atomic mass is 32.2. The molecule has 2 unspecified atom stereocenters. The quantitative estimate of drug-likeness (QED) is 0.0716. The lowest BCUT2D eigenvalue weighted by Gasteiger charge is -2.48. The second-order valence-corrected chi connectivity index (χ2v) is 9.19. The van der Waals surface area contributed by atoms with Gasteiger partial charge in [0.15, 0.2) is 5.71 Å². The summed E-state index contributed by atoms with van der Waals surface area (Å²) in [6.07, 6.45) is 0.202. The molecule has 3 aliphatic heterocycles. The maximum atomic E-state index is 12.8. The number of carbonyl (C=O) groups is 3. The molecule has 12 nitrogen and oxygen atoms in total. The first kappa shape index (κ1) is 23.8. The normalized spacial score (nSPS) is 23.0. The van der Waals surface area contributed by atoms with Gasteiger partial charge in [-0.1, -0.05) is 35.3 Å². The Morgan fingerprint density at radius 1 is 1.35 bits per heavy atom. The number of hydrogen-bond donors (Lipinski definition) is 3. The number of thioether (sulfide) groups is 1. The Balaban J connectivity index is 1.44. The van der Waals surface area contributed by atoms with Gasteiger partial charge in [-0.25, -0.2) is 4.79 Å². The van der Waals surface area contributed by atoms with Gasteiger partial charge in [-0.05, 0) is 35.6 Å². The smallest absolute Gasteiger partial charge is 0.383 e. The number of esters is 1. The van der Waals surface area contributed by atoms with Crippen LogP contribution in [0.2, 0.25) is 0 Å². The van der Waals surface area contributed by atoms with E-state index >= 15 is 0 Å². The predicted molar refractivity (Wildman–Crippen MR) is 123 cm³/mol. The number of ether oxygens (including phenoxy) is 1. The fourth-order valence-electron chi connectivity index (χ4n) is 3.60. The van der Waals surface area contributed by atoms with E-state index in [0.717, 1.165) is 4.90 Å². The summed E-state index contributed by atoms with van der Waals surface area (Å²) in [5.74, 6) is -1.97. The minimum Gasteiger partial charge on any atom is -0.410 e. The molecule has 2 amide bonds. The molecule has 0 spiro atoms. The van der Waals surface area contributed by atoms with Crippen LogP contribution in [0.4, 0.5) is 0 Å². The lowest BCUT2D eigenvalue weighted by atomic mass is 10.0. The molecule has 0 bridgehead atoms. The number of benzene rings is 1. The summed E-state index contributed by atoms with van der Waals surface area (Å²) in [5, 5.41) is 27.5. The molecule has 3 N–H and O–H groups in total. The number of nitrogens with zero attached hydrogens (tertiary/aromatic N) is 3. The Kier molecular flexibility index (Phi) is 7.19. The van der Waals surface area contributed by atoms with Crippen LogP contribution in [0.3, 0.4) is 0 Å². The predicted octanol–water partition coefficient (Wildman–Crippen LogP) is 1.14. The van der Waals surface area contributed by atoms with E-state index in [9.17, 15) is 29.7 Å². The number of carbonyl (C=O) groups excluding carboxylic acids is 3. The van der Waals surface area contributed by atoms with Crippen LogP contribution in [0.15, 0.2) is 58.2 Å². The largest absolute Gasteiger partial charge is 0.410 e. The minimum absolute atomic E-state index is 0.115. The maximum Gasteiger partial charge on any atom is 0.383 e. The Morgan fingerprint density at radius 3 is 2.76 bits per heavy atom. The van der Waals surface area contributed by atoms with Gasteiger partial charge in [-0.15, -0.1) is 11.8 Å². The maximum absolute atomic E-state index is 12.8. The molecular weight excluding hydrogens is 486 g/mol. The highest BCUT2D eigenvalue weighted by Crippen LogP contribution is 2.38. The number of hydrogen-bond acceptors (Lipinski definition) is 11. The monoisotopic (exact) mass is 505 g/mol. The van der Waals surface area contributed by atoms with Crippen molar-refractivity contribution in [2.75, 3.05) is 12.3 Å². The van der Waals surface area contributed by atoms with E-state index in [2.05, 4.69) is 15.2 Å². The van der Waals surface area contributed by atoms with Gasteiger partial charge in [-0.2, -0.15) is 0 Å². The van der Waals surface area contributed by atoms with Crippen molar-refractivity contribution in [3.8, 4) is 0 Å². The fraction of sp³-hybridized carbons (Fsp3) is 0.300. The van der Waals surface area contributed by atoms with Crippen LogP contribution in [-0.4, -0.2) is 62.2 Å². The van der Waals surface area contributed by atoms with Gasteiger partial charge in [0.25, 0.3) is 11.8 Å². The number of nitrogens with one attached hydrogen (secondary N) is 2. The van der Waals surface area contributed by atoms with Crippen molar-refractivity contribution in [1.82, 2.24) is 14.9 Å². The molecule has 0 aliphatic carbocycles. The zero-order valence-electron chi connectivity index (χ0n) is 17.4. The molecule has 34 heavy (non-hydrogen) atoms. The Hall–Kier alpha value is -3.36. The fourth-order valence-corrected chi connectivity index (χ4v) is 5.47. The third-order valence-electron chi connectivity index (χ3n) is 5.24. The first-order valence-electron chi connectivity index (χ1n) is 10.1. The van der Waals surface area contributed by atoms with E-state index in [0.29, 0.717) is 24.3 Å². The van der Waals surface area contributed by atoms with E-state index in [1.807, 2.05) is 0 Å². The van der Waals surface area contributed by atoms with Gasteiger partial charge in [0.1, 0.15) is 17.1 Å². The van der Waals surface area contributed by atoms with Gasteiger partial charge in [0, 0.05) is 12.3 Å². The summed E-state index contributed by atoms with van der Waals surface area (Å²) >= 11 is 2.57. The summed E-state index contributed by atoms with van der Waals surface area (Å²) in [5.41, 5.74) is 0.410. The van der Waals surface area contributed by atoms with Crippen LogP contribution in [0.5, 0.6) is 0 Å². The summed E-state index contributed by atoms with van der Waals surface area (Å²) in [4.78, 5) is 50.1. The van der Waals surface area contributed by atoms with Crippen molar-refractivity contribution >= 4 is 47.2 Å². The lowest BCUT2D eigenvalue weighted by molar-refractivity contribution is -0.575. The molecule has 178 valence electrons. The van der Waals surface area contributed by atoms with Crippen molar-refractivity contribution in [3.63, 3.8) is 0 Å². The van der Waals surface area contributed by atoms with Gasteiger partial charge >= 0.3 is 12.2 Å². The van der Waals surface area contributed by atoms with Crippen LogP contribution >= 0.6 is 23.7 Å². The number of fused-ring (bicyclic) bond motifs is 1. The van der Waals surface area contributed by atoms with Crippen molar-refractivity contribution in [1.29, 1.82) is 0 Å². The van der Waals surface area contributed by atoms with E-state index in [4.69, 9.17) is 4.74 Å². The Labute approximate surface area is 201 Å².